The molecule has 6 heteroatoms. The zero-order valence-corrected chi connectivity index (χ0v) is 10.1. The Kier molecular flexibility index (Phi) is 4.84. The van der Waals surface area contributed by atoms with Crippen LogP contribution in [0.1, 0.15) is 36.2 Å². The Morgan fingerprint density at radius 2 is 2.11 bits per heavy atom. The van der Waals surface area contributed by atoms with Crippen molar-refractivity contribution in [3.8, 4) is 0 Å². The molecule has 1 atom stereocenters. The van der Waals surface area contributed by atoms with Crippen LogP contribution < -0.4 is 0 Å². The number of pyridine rings is 1. The van der Waals surface area contributed by atoms with E-state index < -0.39 is 29.2 Å². The molecular formula is C12H14F3NO2. The van der Waals surface area contributed by atoms with E-state index in [1.54, 1.807) is 13.8 Å². The molecule has 0 fully saturated rings. The highest BCUT2D eigenvalue weighted by Crippen LogP contribution is 2.32. The summed E-state index contributed by atoms with van der Waals surface area (Å²) >= 11 is 0. The molecule has 0 amide bonds. The van der Waals surface area contributed by atoms with E-state index >= 15 is 0 Å². The van der Waals surface area contributed by atoms with E-state index in [1.807, 2.05) is 0 Å². The van der Waals surface area contributed by atoms with Gasteiger partial charge in [-0.25, -0.2) is 0 Å². The average molecular weight is 261 g/mol. The molecule has 0 saturated carbocycles. The van der Waals surface area contributed by atoms with Gasteiger partial charge in [0.15, 0.2) is 5.78 Å². The quantitative estimate of drug-likeness (QED) is 0.764. The van der Waals surface area contributed by atoms with Crippen LogP contribution in [0.15, 0.2) is 18.5 Å². The molecule has 0 aliphatic heterocycles. The lowest BCUT2D eigenvalue weighted by Crippen LogP contribution is -2.26. The first-order valence-electron chi connectivity index (χ1n) is 5.58. The van der Waals surface area contributed by atoms with Gasteiger partial charge in [-0.05, 0) is 19.4 Å². The van der Waals surface area contributed by atoms with Crippen LogP contribution in [0, 0.1) is 0 Å². The summed E-state index contributed by atoms with van der Waals surface area (Å²) in [5.41, 5.74) is -1.41. The number of rotatable bonds is 5. The van der Waals surface area contributed by atoms with Gasteiger partial charge in [0.05, 0.1) is 11.1 Å². The molecule has 100 valence electrons. The number of hydrogen-bond donors (Lipinski definition) is 0. The molecule has 3 nitrogen and oxygen atoms in total. The zero-order chi connectivity index (χ0) is 13.8. The first-order valence-corrected chi connectivity index (χ1v) is 5.58. The lowest BCUT2D eigenvalue weighted by molar-refractivity contribution is -0.138. The monoisotopic (exact) mass is 261 g/mol. The van der Waals surface area contributed by atoms with Gasteiger partial charge in [-0.15, -0.1) is 0 Å². The summed E-state index contributed by atoms with van der Waals surface area (Å²) < 4.78 is 43.4. The largest absolute Gasteiger partial charge is 0.417 e. The Hall–Kier alpha value is -1.43. The van der Waals surface area contributed by atoms with Gasteiger partial charge in [-0.3, -0.25) is 9.78 Å². The lowest BCUT2D eigenvalue weighted by Gasteiger charge is -2.16. The van der Waals surface area contributed by atoms with Crippen LogP contribution in [0.25, 0.3) is 0 Å². The Morgan fingerprint density at radius 3 is 2.61 bits per heavy atom. The fraction of sp³-hybridized carbons (Fsp3) is 0.500. The predicted molar refractivity (Wildman–Crippen MR) is 59.3 cm³/mol. The van der Waals surface area contributed by atoms with Crippen LogP contribution >= 0.6 is 0 Å². The summed E-state index contributed by atoms with van der Waals surface area (Å²) in [6, 6.07) is 0.798. The summed E-state index contributed by atoms with van der Waals surface area (Å²) in [6.07, 6.45) is -3.16. The lowest BCUT2D eigenvalue weighted by atomic mass is 10.0. The van der Waals surface area contributed by atoms with Crippen LogP contribution in [0.5, 0.6) is 0 Å². The van der Waals surface area contributed by atoms with Gasteiger partial charge < -0.3 is 4.74 Å². The van der Waals surface area contributed by atoms with Gasteiger partial charge in [0.2, 0.25) is 0 Å². The van der Waals surface area contributed by atoms with Crippen molar-refractivity contribution >= 4 is 5.78 Å². The van der Waals surface area contributed by atoms with E-state index in [0.29, 0.717) is 6.42 Å². The van der Waals surface area contributed by atoms with Crippen molar-refractivity contribution < 1.29 is 22.7 Å². The van der Waals surface area contributed by atoms with E-state index in [4.69, 9.17) is 4.74 Å². The predicted octanol–water partition coefficient (Wildman–Crippen LogP) is 3.10. The van der Waals surface area contributed by atoms with Crippen molar-refractivity contribution in [1.29, 1.82) is 0 Å². The minimum Gasteiger partial charge on any atom is -0.370 e. The molecule has 0 aliphatic rings. The topological polar surface area (TPSA) is 39.2 Å². The summed E-state index contributed by atoms with van der Waals surface area (Å²) in [7, 11) is 0. The highest BCUT2D eigenvalue weighted by Gasteiger charge is 2.36. The highest BCUT2D eigenvalue weighted by molar-refractivity contribution is 6.00. The number of nitrogens with zero attached hydrogens (tertiary/aromatic N) is 1. The number of carbonyl (C=O) groups excluding carboxylic acids is 1. The van der Waals surface area contributed by atoms with Gasteiger partial charge in [0, 0.05) is 19.0 Å². The molecular weight excluding hydrogens is 247 g/mol. The van der Waals surface area contributed by atoms with Gasteiger partial charge >= 0.3 is 6.18 Å². The minimum atomic E-state index is -4.57. The van der Waals surface area contributed by atoms with Crippen molar-refractivity contribution in [1.82, 2.24) is 4.98 Å². The maximum absolute atomic E-state index is 12.7. The van der Waals surface area contributed by atoms with Crippen LogP contribution in [-0.4, -0.2) is 23.5 Å². The van der Waals surface area contributed by atoms with Crippen molar-refractivity contribution in [2.45, 2.75) is 32.5 Å². The first kappa shape index (κ1) is 14.6. The van der Waals surface area contributed by atoms with Crippen molar-refractivity contribution in [3.63, 3.8) is 0 Å². The Morgan fingerprint density at radius 1 is 1.44 bits per heavy atom. The molecule has 1 aromatic heterocycles. The number of Topliss-reactive ketones (excluding diaryl/α,β-unsaturated/α-hetero) is 1. The fourth-order valence-electron chi connectivity index (χ4n) is 1.59. The number of carbonyl (C=O) groups is 1. The molecule has 0 spiro atoms. The Labute approximate surface area is 103 Å². The standard InChI is InChI=1S/C12H14F3NO2/c1-3-10(18-4-2)11(17)8-7-16-6-5-9(8)12(13,14)15/h5-7,10H,3-4H2,1-2H3. The molecule has 1 heterocycles. The molecule has 1 aromatic rings. The van der Waals surface area contributed by atoms with E-state index in [-0.39, 0.29) is 6.61 Å². The SMILES string of the molecule is CCOC(CC)C(=O)c1cnccc1C(F)(F)F. The third kappa shape index (κ3) is 3.29. The third-order valence-electron chi connectivity index (χ3n) is 2.42. The zero-order valence-electron chi connectivity index (χ0n) is 10.1. The number of alkyl halides is 3. The number of ether oxygens (including phenoxy) is 1. The van der Waals surface area contributed by atoms with Crippen LogP contribution in [-0.2, 0) is 10.9 Å². The summed E-state index contributed by atoms with van der Waals surface area (Å²) in [5, 5.41) is 0. The molecule has 18 heavy (non-hydrogen) atoms. The maximum atomic E-state index is 12.7. The highest BCUT2D eigenvalue weighted by atomic mass is 19.4. The number of halogens is 3. The molecule has 0 N–H and O–H groups in total. The van der Waals surface area contributed by atoms with Gasteiger partial charge in [0.25, 0.3) is 0 Å². The molecule has 0 aliphatic carbocycles. The first-order chi connectivity index (χ1) is 8.41. The second-order valence-corrected chi connectivity index (χ2v) is 3.64. The van der Waals surface area contributed by atoms with Gasteiger partial charge in [-0.2, -0.15) is 13.2 Å². The molecule has 0 aromatic carbocycles. The minimum absolute atomic E-state index is 0.270. The molecule has 1 unspecified atom stereocenters. The van der Waals surface area contributed by atoms with Gasteiger partial charge in [-0.1, -0.05) is 6.92 Å². The van der Waals surface area contributed by atoms with Crippen LogP contribution in [0.2, 0.25) is 0 Å². The second kappa shape index (κ2) is 5.95. The summed E-state index contributed by atoms with van der Waals surface area (Å²) in [6.45, 7) is 3.64. The van der Waals surface area contributed by atoms with E-state index in [0.717, 1.165) is 18.5 Å². The average Bonchev–Trinajstić information content (AvgIpc) is 2.34. The van der Waals surface area contributed by atoms with E-state index in [1.165, 1.54) is 0 Å². The summed E-state index contributed by atoms with van der Waals surface area (Å²) in [5.74, 6) is -0.681. The third-order valence-corrected chi connectivity index (χ3v) is 2.42. The normalized spacial score (nSPS) is 13.4. The van der Waals surface area contributed by atoms with Crippen molar-refractivity contribution in [2.75, 3.05) is 6.61 Å². The van der Waals surface area contributed by atoms with Crippen LogP contribution in [0.3, 0.4) is 0 Å². The molecule has 0 bridgehead atoms. The maximum Gasteiger partial charge on any atom is 0.417 e. The number of hydrogen-bond acceptors (Lipinski definition) is 3. The number of aromatic nitrogens is 1. The Bertz CT molecular complexity index is 418. The molecule has 1 rings (SSSR count). The van der Waals surface area contributed by atoms with Crippen molar-refractivity contribution in [2.24, 2.45) is 0 Å². The number of ketones is 1. The van der Waals surface area contributed by atoms with Gasteiger partial charge in [0.1, 0.15) is 6.10 Å². The van der Waals surface area contributed by atoms with Crippen LogP contribution in [0.4, 0.5) is 13.2 Å². The van der Waals surface area contributed by atoms with Crippen molar-refractivity contribution in [3.05, 3.63) is 29.6 Å². The fourth-order valence-corrected chi connectivity index (χ4v) is 1.59. The van der Waals surface area contributed by atoms with E-state index in [9.17, 15) is 18.0 Å². The second-order valence-electron chi connectivity index (χ2n) is 3.64. The smallest absolute Gasteiger partial charge is 0.370 e. The molecule has 0 saturated heterocycles. The van der Waals surface area contributed by atoms with E-state index in [2.05, 4.69) is 4.98 Å². The summed E-state index contributed by atoms with van der Waals surface area (Å²) in [4.78, 5) is 15.5. The molecule has 0 radical (unpaired) electrons. The Balaban J connectivity index is 3.13.